The van der Waals surface area contributed by atoms with Crippen LogP contribution in [-0.4, -0.2) is 48.8 Å². The zero-order chi connectivity index (χ0) is 11.4. The molecule has 0 bridgehead atoms. The molecule has 1 rings (SSSR count). The highest BCUT2D eigenvalue weighted by molar-refractivity contribution is 4.83. The van der Waals surface area contributed by atoms with Gasteiger partial charge in [0.15, 0.2) is 0 Å². The number of β-amino-alcohol motifs (C(OH)–C–C–N with tert-alkyl or cyclic N) is 1. The number of aliphatic hydroxyl groups is 1. The number of aliphatic hydroxyl groups excluding tert-OH is 1. The first kappa shape index (κ1) is 12.9. The molecule has 0 saturated carbocycles. The first-order chi connectivity index (χ1) is 7.04. The smallest absolute Gasteiger partial charge is 0.0791 e. The fourth-order valence-corrected chi connectivity index (χ4v) is 2.64. The number of hydrogen-bond donors (Lipinski definition) is 2. The van der Waals surface area contributed by atoms with Crippen LogP contribution in [0.25, 0.3) is 0 Å². The van der Waals surface area contributed by atoms with E-state index in [0.717, 1.165) is 24.9 Å². The standard InChI is InChI=1S/C12H26N2O/c1-9-5-10(2)11(3)14(7-9)8-12(15)6-13-4/h9-13,15H,5-8H2,1-4H3. The van der Waals surface area contributed by atoms with Gasteiger partial charge in [0.05, 0.1) is 6.10 Å². The average Bonchev–Trinajstić information content (AvgIpc) is 2.13. The molecule has 0 radical (unpaired) electrons. The fourth-order valence-electron chi connectivity index (χ4n) is 2.64. The molecule has 15 heavy (non-hydrogen) atoms. The molecule has 3 heteroatoms. The van der Waals surface area contributed by atoms with E-state index in [1.807, 2.05) is 7.05 Å². The highest BCUT2D eigenvalue weighted by atomic mass is 16.3. The SMILES string of the molecule is CNCC(O)CN1CC(C)CC(C)C1C. The number of likely N-dealkylation sites (tertiary alicyclic amines) is 1. The van der Waals surface area contributed by atoms with Gasteiger partial charge in [-0.3, -0.25) is 4.90 Å². The van der Waals surface area contributed by atoms with Crippen LogP contribution < -0.4 is 5.32 Å². The first-order valence-electron chi connectivity index (χ1n) is 6.11. The Morgan fingerprint density at radius 1 is 1.40 bits per heavy atom. The van der Waals surface area contributed by atoms with Crippen molar-refractivity contribution in [2.24, 2.45) is 11.8 Å². The second kappa shape index (κ2) is 5.83. The molecule has 2 N–H and O–H groups in total. The second-order valence-corrected chi connectivity index (χ2v) is 5.22. The van der Waals surface area contributed by atoms with Gasteiger partial charge in [0.25, 0.3) is 0 Å². The minimum absolute atomic E-state index is 0.241. The molecule has 1 fully saturated rings. The van der Waals surface area contributed by atoms with Crippen LogP contribution >= 0.6 is 0 Å². The lowest BCUT2D eigenvalue weighted by molar-refractivity contribution is 0.0329. The molecule has 0 amide bonds. The van der Waals surface area contributed by atoms with Gasteiger partial charge in [-0.2, -0.15) is 0 Å². The van der Waals surface area contributed by atoms with Crippen molar-refractivity contribution in [2.75, 3.05) is 26.7 Å². The molecule has 1 aliphatic rings. The van der Waals surface area contributed by atoms with E-state index in [1.54, 1.807) is 0 Å². The van der Waals surface area contributed by atoms with Crippen molar-refractivity contribution in [1.82, 2.24) is 10.2 Å². The van der Waals surface area contributed by atoms with Gasteiger partial charge in [0, 0.05) is 25.7 Å². The lowest BCUT2D eigenvalue weighted by atomic mass is 9.86. The van der Waals surface area contributed by atoms with Gasteiger partial charge in [0.2, 0.25) is 0 Å². The third kappa shape index (κ3) is 3.74. The highest BCUT2D eigenvalue weighted by Gasteiger charge is 2.29. The predicted octanol–water partition coefficient (Wildman–Crippen LogP) is 0.933. The zero-order valence-electron chi connectivity index (χ0n) is 10.5. The Hall–Kier alpha value is -0.120. The van der Waals surface area contributed by atoms with E-state index in [2.05, 4.69) is 31.0 Å². The molecule has 0 spiro atoms. The summed E-state index contributed by atoms with van der Waals surface area (Å²) in [7, 11) is 1.88. The second-order valence-electron chi connectivity index (χ2n) is 5.22. The van der Waals surface area contributed by atoms with Gasteiger partial charge in [-0.15, -0.1) is 0 Å². The van der Waals surface area contributed by atoms with Crippen molar-refractivity contribution in [3.63, 3.8) is 0 Å². The maximum Gasteiger partial charge on any atom is 0.0791 e. The van der Waals surface area contributed by atoms with Gasteiger partial charge in [-0.25, -0.2) is 0 Å². The highest BCUT2D eigenvalue weighted by Crippen LogP contribution is 2.26. The third-order valence-electron chi connectivity index (χ3n) is 3.60. The molecule has 3 nitrogen and oxygen atoms in total. The van der Waals surface area contributed by atoms with Crippen LogP contribution in [0.5, 0.6) is 0 Å². The molecular formula is C12H26N2O. The van der Waals surface area contributed by atoms with Crippen molar-refractivity contribution in [2.45, 2.75) is 39.3 Å². The lowest BCUT2D eigenvalue weighted by Gasteiger charge is -2.41. The summed E-state index contributed by atoms with van der Waals surface area (Å²) in [4.78, 5) is 2.43. The van der Waals surface area contributed by atoms with Crippen LogP contribution in [0.3, 0.4) is 0 Å². The Labute approximate surface area is 93.9 Å². The zero-order valence-corrected chi connectivity index (χ0v) is 10.5. The summed E-state index contributed by atoms with van der Waals surface area (Å²) in [5.74, 6) is 1.51. The maximum atomic E-state index is 9.79. The van der Waals surface area contributed by atoms with Crippen LogP contribution in [-0.2, 0) is 0 Å². The van der Waals surface area contributed by atoms with E-state index in [0.29, 0.717) is 12.6 Å². The molecule has 1 aliphatic heterocycles. The van der Waals surface area contributed by atoms with Crippen LogP contribution in [0.15, 0.2) is 0 Å². The molecule has 90 valence electrons. The molecule has 4 unspecified atom stereocenters. The molecule has 4 atom stereocenters. The van der Waals surface area contributed by atoms with Gasteiger partial charge < -0.3 is 10.4 Å². The van der Waals surface area contributed by atoms with Gasteiger partial charge in [-0.05, 0) is 32.2 Å². The molecule has 0 aromatic heterocycles. The minimum atomic E-state index is -0.241. The van der Waals surface area contributed by atoms with E-state index in [4.69, 9.17) is 0 Å². The predicted molar refractivity (Wildman–Crippen MR) is 63.9 cm³/mol. The van der Waals surface area contributed by atoms with Gasteiger partial charge >= 0.3 is 0 Å². The fraction of sp³-hybridized carbons (Fsp3) is 1.00. The molecular weight excluding hydrogens is 188 g/mol. The molecule has 0 aromatic carbocycles. The largest absolute Gasteiger partial charge is 0.390 e. The Morgan fingerprint density at radius 3 is 2.67 bits per heavy atom. The van der Waals surface area contributed by atoms with E-state index < -0.39 is 0 Å². The quantitative estimate of drug-likeness (QED) is 0.731. The van der Waals surface area contributed by atoms with E-state index >= 15 is 0 Å². The maximum absolute atomic E-state index is 9.79. The van der Waals surface area contributed by atoms with Crippen molar-refractivity contribution in [3.05, 3.63) is 0 Å². The van der Waals surface area contributed by atoms with Crippen LogP contribution in [0.2, 0.25) is 0 Å². The summed E-state index contributed by atoms with van der Waals surface area (Å²) >= 11 is 0. The average molecular weight is 214 g/mol. The Kier molecular flexibility index (Phi) is 5.03. The summed E-state index contributed by atoms with van der Waals surface area (Å²) < 4.78 is 0. The van der Waals surface area contributed by atoms with Crippen molar-refractivity contribution in [1.29, 1.82) is 0 Å². The molecule has 1 heterocycles. The Balaban J connectivity index is 2.44. The summed E-state index contributed by atoms with van der Waals surface area (Å²) in [6, 6.07) is 0.604. The van der Waals surface area contributed by atoms with Gasteiger partial charge in [-0.1, -0.05) is 13.8 Å². The molecule has 1 saturated heterocycles. The van der Waals surface area contributed by atoms with E-state index in [-0.39, 0.29) is 6.10 Å². The van der Waals surface area contributed by atoms with Crippen molar-refractivity contribution in [3.8, 4) is 0 Å². The van der Waals surface area contributed by atoms with Crippen LogP contribution in [0, 0.1) is 11.8 Å². The number of nitrogens with one attached hydrogen (secondary N) is 1. The molecule has 0 aromatic rings. The summed E-state index contributed by atoms with van der Waals surface area (Å²) in [5, 5.41) is 12.8. The van der Waals surface area contributed by atoms with E-state index in [9.17, 15) is 5.11 Å². The topological polar surface area (TPSA) is 35.5 Å². The van der Waals surface area contributed by atoms with Crippen LogP contribution in [0.1, 0.15) is 27.2 Å². The number of rotatable bonds is 4. The van der Waals surface area contributed by atoms with Crippen molar-refractivity contribution < 1.29 is 5.11 Å². The molecule has 0 aliphatic carbocycles. The van der Waals surface area contributed by atoms with E-state index in [1.165, 1.54) is 6.42 Å². The Bertz CT molecular complexity index is 186. The van der Waals surface area contributed by atoms with Crippen molar-refractivity contribution >= 4 is 0 Å². The number of nitrogens with zero attached hydrogens (tertiary/aromatic N) is 1. The number of hydrogen-bond acceptors (Lipinski definition) is 3. The summed E-state index contributed by atoms with van der Waals surface area (Å²) in [5.41, 5.74) is 0. The normalized spacial score (nSPS) is 35.4. The number of likely N-dealkylation sites (N-methyl/N-ethyl adjacent to an activating group) is 1. The Morgan fingerprint density at radius 2 is 2.07 bits per heavy atom. The van der Waals surface area contributed by atoms with Gasteiger partial charge in [0.1, 0.15) is 0 Å². The lowest BCUT2D eigenvalue weighted by Crippen LogP contribution is -2.49. The first-order valence-corrected chi connectivity index (χ1v) is 6.11. The summed E-state index contributed by atoms with van der Waals surface area (Å²) in [6.07, 6.45) is 1.08. The van der Waals surface area contributed by atoms with Crippen LogP contribution in [0.4, 0.5) is 0 Å². The number of piperidine rings is 1. The third-order valence-corrected chi connectivity index (χ3v) is 3.60. The monoisotopic (exact) mass is 214 g/mol. The summed E-state index contributed by atoms with van der Waals surface area (Å²) in [6.45, 7) is 9.52. The minimum Gasteiger partial charge on any atom is -0.390 e.